The Morgan fingerprint density at radius 1 is 1.26 bits per heavy atom. The minimum Gasteiger partial charge on any atom is -0.369 e. The van der Waals surface area contributed by atoms with E-state index in [2.05, 4.69) is 20.9 Å². The van der Waals surface area contributed by atoms with Gasteiger partial charge in [0.15, 0.2) is 5.82 Å². The summed E-state index contributed by atoms with van der Waals surface area (Å²) < 4.78 is 16.5. The van der Waals surface area contributed by atoms with Crippen LogP contribution in [0.4, 0.5) is 10.3 Å². The number of nitrogens with zero attached hydrogens (tertiary/aromatic N) is 2. The van der Waals surface area contributed by atoms with Gasteiger partial charge in [-0.1, -0.05) is 33.6 Å². The van der Waals surface area contributed by atoms with Crippen LogP contribution in [0.2, 0.25) is 5.02 Å². The van der Waals surface area contributed by atoms with Gasteiger partial charge in [0.05, 0.1) is 21.7 Å². The maximum atomic E-state index is 14.1. The Kier molecular flexibility index (Phi) is 2.95. The number of fused-ring (bicyclic) bond motifs is 1. The molecular weight excluding hydrogens is 333 g/mol. The number of benzene rings is 2. The molecule has 3 nitrogen and oxygen atoms in total. The van der Waals surface area contributed by atoms with E-state index in [-0.39, 0.29) is 16.7 Å². The molecule has 0 saturated heterocycles. The second-order valence-corrected chi connectivity index (χ2v) is 5.33. The molecule has 96 valence electrons. The van der Waals surface area contributed by atoms with Gasteiger partial charge in [0.1, 0.15) is 0 Å². The van der Waals surface area contributed by atoms with Crippen molar-refractivity contribution in [2.24, 2.45) is 0 Å². The van der Waals surface area contributed by atoms with Crippen LogP contribution in [0.5, 0.6) is 0 Å². The molecule has 6 heteroatoms. The van der Waals surface area contributed by atoms with Gasteiger partial charge in [-0.3, -0.25) is 4.57 Å². The summed E-state index contributed by atoms with van der Waals surface area (Å²) in [6.07, 6.45) is 0. The van der Waals surface area contributed by atoms with Crippen molar-refractivity contribution in [2.75, 3.05) is 5.73 Å². The largest absolute Gasteiger partial charge is 0.369 e. The van der Waals surface area contributed by atoms with Crippen molar-refractivity contribution in [2.45, 2.75) is 0 Å². The maximum absolute atomic E-state index is 14.1. The molecule has 0 unspecified atom stereocenters. The van der Waals surface area contributed by atoms with Crippen LogP contribution in [0.25, 0.3) is 16.7 Å². The van der Waals surface area contributed by atoms with Crippen LogP contribution in [-0.2, 0) is 0 Å². The molecule has 0 aliphatic rings. The molecular formula is C13H8BrClFN3. The van der Waals surface area contributed by atoms with Crippen molar-refractivity contribution in [3.05, 3.63) is 51.7 Å². The third-order valence-electron chi connectivity index (χ3n) is 2.81. The molecule has 0 bridgehead atoms. The highest BCUT2D eigenvalue weighted by Gasteiger charge is 2.15. The summed E-state index contributed by atoms with van der Waals surface area (Å²) in [5.74, 6) is -0.301. The number of halogens is 3. The number of rotatable bonds is 1. The van der Waals surface area contributed by atoms with E-state index in [4.69, 9.17) is 17.3 Å². The van der Waals surface area contributed by atoms with Gasteiger partial charge in [-0.25, -0.2) is 9.37 Å². The fourth-order valence-corrected chi connectivity index (χ4v) is 2.50. The molecule has 0 amide bonds. The van der Waals surface area contributed by atoms with E-state index in [1.54, 1.807) is 16.7 Å². The SMILES string of the molecule is Nc1nc2ccc(Br)cc2n1-c1cccc(Cl)c1F. The van der Waals surface area contributed by atoms with Crippen LogP contribution >= 0.6 is 27.5 Å². The van der Waals surface area contributed by atoms with Gasteiger partial charge in [-0.2, -0.15) is 0 Å². The third kappa shape index (κ3) is 1.99. The maximum Gasteiger partial charge on any atom is 0.206 e. The fraction of sp³-hybridized carbons (Fsp3) is 0. The normalized spacial score (nSPS) is 11.1. The molecule has 0 spiro atoms. The second-order valence-electron chi connectivity index (χ2n) is 4.01. The molecule has 0 aliphatic heterocycles. The molecule has 3 aromatic rings. The zero-order valence-corrected chi connectivity index (χ0v) is 11.9. The van der Waals surface area contributed by atoms with Crippen molar-refractivity contribution in [1.29, 1.82) is 0 Å². The van der Waals surface area contributed by atoms with Crippen molar-refractivity contribution < 1.29 is 4.39 Å². The average Bonchev–Trinajstić information content (AvgIpc) is 2.69. The van der Waals surface area contributed by atoms with E-state index >= 15 is 0 Å². The molecule has 0 atom stereocenters. The van der Waals surface area contributed by atoms with E-state index in [1.165, 1.54) is 6.07 Å². The van der Waals surface area contributed by atoms with E-state index in [9.17, 15) is 4.39 Å². The first kappa shape index (κ1) is 12.4. The van der Waals surface area contributed by atoms with Gasteiger partial charge in [-0.15, -0.1) is 0 Å². The lowest BCUT2D eigenvalue weighted by Crippen LogP contribution is -2.03. The molecule has 1 aromatic heterocycles. The highest BCUT2D eigenvalue weighted by Crippen LogP contribution is 2.29. The Morgan fingerprint density at radius 3 is 2.84 bits per heavy atom. The molecule has 0 radical (unpaired) electrons. The van der Waals surface area contributed by atoms with Gasteiger partial charge in [-0.05, 0) is 30.3 Å². The lowest BCUT2D eigenvalue weighted by Gasteiger charge is -2.08. The number of imidazole rings is 1. The van der Waals surface area contributed by atoms with Gasteiger partial charge < -0.3 is 5.73 Å². The summed E-state index contributed by atoms with van der Waals surface area (Å²) in [7, 11) is 0. The van der Waals surface area contributed by atoms with Gasteiger partial charge in [0.25, 0.3) is 0 Å². The Morgan fingerprint density at radius 2 is 2.05 bits per heavy atom. The zero-order chi connectivity index (χ0) is 13.6. The van der Waals surface area contributed by atoms with Crippen LogP contribution in [0.15, 0.2) is 40.9 Å². The topological polar surface area (TPSA) is 43.8 Å². The molecule has 3 rings (SSSR count). The number of nitrogen functional groups attached to an aromatic ring is 1. The summed E-state index contributed by atoms with van der Waals surface area (Å²) in [5, 5.41) is 0.0498. The lowest BCUT2D eigenvalue weighted by atomic mass is 10.2. The predicted octanol–water partition coefficient (Wildman–Crippen LogP) is 4.16. The second kappa shape index (κ2) is 4.51. The standard InChI is InChI=1S/C13H8BrClFN3/c14-7-4-5-9-11(6-7)19(13(17)18-9)10-3-1-2-8(15)12(10)16/h1-6H,(H2,17,18). The molecule has 2 aromatic carbocycles. The quantitative estimate of drug-likeness (QED) is 0.723. The summed E-state index contributed by atoms with van der Waals surface area (Å²) in [5.41, 5.74) is 7.57. The number of nitrogens with two attached hydrogens (primary N) is 1. The summed E-state index contributed by atoms with van der Waals surface area (Å²) in [6, 6.07) is 10.3. The van der Waals surface area contributed by atoms with Crippen molar-refractivity contribution in [3.63, 3.8) is 0 Å². The monoisotopic (exact) mass is 339 g/mol. The zero-order valence-electron chi connectivity index (χ0n) is 9.57. The Labute approximate surface area is 121 Å². The van der Waals surface area contributed by atoms with E-state index in [0.717, 1.165) is 4.47 Å². The van der Waals surface area contributed by atoms with Crippen LogP contribution in [0.3, 0.4) is 0 Å². The van der Waals surface area contributed by atoms with Gasteiger partial charge in [0, 0.05) is 4.47 Å². The first-order valence-corrected chi connectivity index (χ1v) is 6.63. The Balaban J connectivity index is 2.39. The van der Waals surface area contributed by atoms with Crippen LogP contribution < -0.4 is 5.73 Å². The van der Waals surface area contributed by atoms with Gasteiger partial charge >= 0.3 is 0 Å². The Bertz CT molecular complexity index is 785. The molecule has 1 heterocycles. The van der Waals surface area contributed by atoms with Crippen LogP contribution in [-0.4, -0.2) is 9.55 Å². The van der Waals surface area contributed by atoms with Crippen molar-refractivity contribution in [1.82, 2.24) is 9.55 Å². The third-order valence-corrected chi connectivity index (χ3v) is 3.60. The number of aromatic nitrogens is 2. The average molecular weight is 341 g/mol. The highest BCUT2D eigenvalue weighted by molar-refractivity contribution is 9.10. The first-order valence-electron chi connectivity index (χ1n) is 5.46. The number of hydrogen-bond donors (Lipinski definition) is 1. The van der Waals surface area contributed by atoms with E-state index in [1.807, 2.05) is 18.2 Å². The summed E-state index contributed by atoms with van der Waals surface area (Å²) in [6.45, 7) is 0. The summed E-state index contributed by atoms with van der Waals surface area (Å²) >= 11 is 9.19. The first-order chi connectivity index (χ1) is 9.08. The molecule has 19 heavy (non-hydrogen) atoms. The smallest absolute Gasteiger partial charge is 0.206 e. The van der Waals surface area contributed by atoms with Crippen molar-refractivity contribution >= 4 is 44.5 Å². The van der Waals surface area contributed by atoms with E-state index in [0.29, 0.717) is 11.0 Å². The Hall–Kier alpha value is -1.59. The molecule has 0 saturated carbocycles. The van der Waals surface area contributed by atoms with E-state index < -0.39 is 5.82 Å². The van der Waals surface area contributed by atoms with Crippen LogP contribution in [0.1, 0.15) is 0 Å². The minimum absolute atomic E-state index is 0.0498. The molecule has 2 N–H and O–H groups in total. The highest BCUT2D eigenvalue weighted by atomic mass is 79.9. The van der Waals surface area contributed by atoms with Crippen LogP contribution in [0, 0.1) is 5.82 Å². The minimum atomic E-state index is -0.518. The predicted molar refractivity (Wildman–Crippen MR) is 78.2 cm³/mol. The molecule has 0 fully saturated rings. The van der Waals surface area contributed by atoms with Gasteiger partial charge in [0.2, 0.25) is 5.95 Å². The fourth-order valence-electron chi connectivity index (χ4n) is 1.99. The lowest BCUT2D eigenvalue weighted by molar-refractivity contribution is 0.620. The van der Waals surface area contributed by atoms with Crippen molar-refractivity contribution in [3.8, 4) is 5.69 Å². The number of hydrogen-bond acceptors (Lipinski definition) is 2. The molecule has 0 aliphatic carbocycles. The summed E-state index contributed by atoms with van der Waals surface area (Å²) in [4.78, 5) is 4.21. The number of anilines is 1.